The molecule has 2 fully saturated rings. The number of nitrogens with one attached hydrogen (secondary N) is 1. The molecule has 0 aromatic heterocycles. The van der Waals surface area contributed by atoms with Gasteiger partial charge < -0.3 is 10.2 Å². The van der Waals surface area contributed by atoms with Crippen LogP contribution in [0, 0.1) is 11.8 Å². The van der Waals surface area contributed by atoms with E-state index in [9.17, 15) is 4.79 Å². The quantitative estimate of drug-likeness (QED) is 0.760. The molecule has 1 atom stereocenters. The molecule has 2 aliphatic heterocycles. The third kappa shape index (κ3) is 2.33. The number of likely N-dealkylation sites (tertiary alicyclic amines) is 1. The van der Waals surface area contributed by atoms with Crippen molar-refractivity contribution in [1.82, 2.24) is 10.2 Å². The second-order valence-electron chi connectivity index (χ2n) is 5.27. The smallest absolute Gasteiger partial charge is 0.223 e. The summed E-state index contributed by atoms with van der Waals surface area (Å²) in [5.41, 5.74) is 0. The van der Waals surface area contributed by atoms with Crippen LogP contribution in [0.15, 0.2) is 0 Å². The predicted molar refractivity (Wildman–Crippen MR) is 60.5 cm³/mol. The maximum Gasteiger partial charge on any atom is 0.223 e. The summed E-state index contributed by atoms with van der Waals surface area (Å²) in [6.45, 7) is 7.50. The van der Waals surface area contributed by atoms with E-state index in [4.69, 9.17) is 0 Å². The highest BCUT2D eigenvalue weighted by atomic mass is 16.2. The van der Waals surface area contributed by atoms with Crippen molar-refractivity contribution < 1.29 is 4.79 Å². The molecular weight excluding hydrogens is 188 g/mol. The van der Waals surface area contributed by atoms with E-state index in [1.54, 1.807) is 0 Å². The van der Waals surface area contributed by atoms with Crippen molar-refractivity contribution in [3.05, 3.63) is 0 Å². The first-order valence-electron chi connectivity index (χ1n) is 6.18. The zero-order valence-electron chi connectivity index (χ0n) is 9.83. The number of rotatable bonds is 3. The maximum atomic E-state index is 12.1. The second-order valence-corrected chi connectivity index (χ2v) is 5.27. The minimum atomic E-state index is 0.387. The number of hydrogen-bond donors (Lipinski definition) is 1. The molecule has 0 spiro atoms. The van der Waals surface area contributed by atoms with Crippen molar-refractivity contribution in [1.29, 1.82) is 0 Å². The highest BCUT2D eigenvalue weighted by Crippen LogP contribution is 2.25. The van der Waals surface area contributed by atoms with E-state index in [1.165, 1.54) is 12.8 Å². The van der Waals surface area contributed by atoms with Gasteiger partial charge in [0, 0.05) is 19.0 Å². The molecule has 2 aliphatic rings. The Bertz CT molecular complexity index is 236. The molecule has 0 aromatic carbocycles. The van der Waals surface area contributed by atoms with E-state index < -0.39 is 0 Å². The topological polar surface area (TPSA) is 32.3 Å². The lowest BCUT2D eigenvalue weighted by molar-refractivity contribution is -0.134. The second kappa shape index (κ2) is 4.52. The van der Waals surface area contributed by atoms with Crippen molar-refractivity contribution in [3.8, 4) is 0 Å². The highest BCUT2D eigenvalue weighted by Gasteiger charge is 2.32. The van der Waals surface area contributed by atoms with Gasteiger partial charge in [-0.1, -0.05) is 13.8 Å². The Kier molecular flexibility index (Phi) is 3.29. The zero-order valence-corrected chi connectivity index (χ0v) is 9.83. The third-order valence-electron chi connectivity index (χ3n) is 3.72. The minimum absolute atomic E-state index is 0.387. The van der Waals surface area contributed by atoms with Crippen molar-refractivity contribution in [2.75, 3.05) is 19.6 Å². The van der Waals surface area contributed by atoms with E-state index >= 15 is 0 Å². The summed E-state index contributed by atoms with van der Waals surface area (Å²) in [6.07, 6.45) is 3.15. The van der Waals surface area contributed by atoms with Gasteiger partial charge >= 0.3 is 0 Å². The molecule has 0 radical (unpaired) electrons. The lowest BCUT2D eigenvalue weighted by atomic mass is 9.97. The van der Waals surface area contributed by atoms with Crippen LogP contribution in [0.3, 0.4) is 0 Å². The van der Waals surface area contributed by atoms with Crippen LogP contribution in [-0.4, -0.2) is 36.5 Å². The molecule has 3 heteroatoms. The van der Waals surface area contributed by atoms with Crippen LogP contribution in [0.4, 0.5) is 0 Å². The number of carbonyl (C=O) groups excluding carboxylic acids is 1. The molecule has 1 unspecified atom stereocenters. The Morgan fingerprint density at radius 2 is 2.20 bits per heavy atom. The summed E-state index contributed by atoms with van der Waals surface area (Å²) in [4.78, 5) is 14.2. The summed E-state index contributed by atoms with van der Waals surface area (Å²) in [7, 11) is 0. The van der Waals surface area contributed by atoms with Gasteiger partial charge in [0.25, 0.3) is 0 Å². The van der Waals surface area contributed by atoms with Gasteiger partial charge in [0.05, 0.1) is 0 Å². The van der Waals surface area contributed by atoms with Gasteiger partial charge in [0.2, 0.25) is 5.91 Å². The van der Waals surface area contributed by atoms with Crippen molar-refractivity contribution in [3.63, 3.8) is 0 Å². The summed E-state index contributed by atoms with van der Waals surface area (Å²) in [5.74, 6) is 1.60. The Morgan fingerprint density at radius 3 is 2.73 bits per heavy atom. The molecule has 15 heavy (non-hydrogen) atoms. The Balaban J connectivity index is 1.87. The van der Waals surface area contributed by atoms with Crippen molar-refractivity contribution in [2.45, 2.75) is 39.2 Å². The van der Waals surface area contributed by atoms with Gasteiger partial charge in [0.15, 0.2) is 0 Å². The van der Waals surface area contributed by atoms with Gasteiger partial charge in [0.1, 0.15) is 0 Å². The lowest BCUT2D eigenvalue weighted by Gasteiger charge is -2.32. The Labute approximate surface area is 92.2 Å². The van der Waals surface area contributed by atoms with Crippen LogP contribution in [0.1, 0.15) is 33.1 Å². The summed E-state index contributed by atoms with van der Waals surface area (Å²) < 4.78 is 0. The third-order valence-corrected chi connectivity index (χ3v) is 3.72. The van der Waals surface area contributed by atoms with E-state index in [0.29, 0.717) is 23.8 Å². The number of hydrogen-bond acceptors (Lipinski definition) is 2. The number of nitrogens with zero attached hydrogens (tertiary/aromatic N) is 1. The fourth-order valence-electron chi connectivity index (χ4n) is 2.65. The van der Waals surface area contributed by atoms with E-state index in [0.717, 1.165) is 26.1 Å². The fourth-order valence-corrected chi connectivity index (χ4v) is 2.65. The van der Waals surface area contributed by atoms with Gasteiger partial charge in [-0.3, -0.25) is 4.79 Å². The molecule has 0 aliphatic carbocycles. The maximum absolute atomic E-state index is 12.1. The van der Waals surface area contributed by atoms with Gasteiger partial charge in [-0.25, -0.2) is 0 Å². The molecular formula is C12H22N2O. The van der Waals surface area contributed by atoms with Crippen molar-refractivity contribution >= 4 is 5.91 Å². The van der Waals surface area contributed by atoms with Crippen LogP contribution in [-0.2, 0) is 4.79 Å². The van der Waals surface area contributed by atoms with Crippen LogP contribution in [0.5, 0.6) is 0 Å². The molecule has 1 amide bonds. The average molecular weight is 210 g/mol. The van der Waals surface area contributed by atoms with E-state index in [1.807, 2.05) is 0 Å². The number of carbonyl (C=O) groups is 1. The first-order valence-corrected chi connectivity index (χ1v) is 6.18. The van der Waals surface area contributed by atoms with Gasteiger partial charge in [-0.2, -0.15) is 0 Å². The molecule has 2 saturated heterocycles. The molecule has 2 heterocycles. The van der Waals surface area contributed by atoms with E-state index in [2.05, 4.69) is 24.1 Å². The number of amides is 1. The summed E-state index contributed by atoms with van der Waals surface area (Å²) in [5, 5.41) is 3.22. The molecule has 2 rings (SSSR count). The first kappa shape index (κ1) is 10.9. The van der Waals surface area contributed by atoms with Crippen molar-refractivity contribution in [2.24, 2.45) is 11.8 Å². The molecule has 0 aromatic rings. The standard InChI is InChI=1S/C12H22N2O/c1-9(2)11-4-3-5-14(11)12(15)6-10-7-13-8-10/h9-11,13H,3-8H2,1-2H3. The predicted octanol–water partition coefficient (Wildman–Crippen LogP) is 1.24. The van der Waals surface area contributed by atoms with Gasteiger partial charge in [-0.15, -0.1) is 0 Å². The molecule has 1 N–H and O–H groups in total. The lowest BCUT2D eigenvalue weighted by Crippen LogP contribution is -2.46. The highest BCUT2D eigenvalue weighted by molar-refractivity contribution is 5.77. The van der Waals surface area contributed by atoms with E-state index in [-0.39, 0.29) is 0 Å². The summed E-state index contributed by atoms with van der Waals surface area (Å²) in [6, 6.07) is 0.505. The van der Waals surface area contributed by atoms with Crippen LogP contribution >= 0.6 is 0 Å². The summed E-state index contributed by atoms with van der Waals surface area (Å²) >= 11 is 0. The normalized spacial score (nSPS) is 27.1. The Morgan fingerprint density at radius 1 is 1.47 bits per heavy atom. The molecule has 86 valence electrons. The average Bonchev–Trinajstić information content (AvgIpc) is 2.59. The van der Waals surface area contributed by atoms with Crippen LogP contribution < -0.4 is 5.32 Å². The Hall–Kier alpha value is -0.570. The fraction of sp³-hybridized carbons (Fsp3) is 0.917. The first-order chi connectivity index (χ1) is 7.18. The SMILES string of the molecule is CC(C)C1CCCN1C(=O)CC1CNC1. The molecule has 0 bridgehead atoms. The zero-order chi connectivity index (χ0) is 10.8. The molecule has 3 nitrogen and oxygen atoms in total. The largest absolute Gasteiger partial charge is 0.339 e. The van der Waals surface area contributed by atoms with Crippen LogP contribution in [0.2, 0.25) is 0 Å². The van der Waals surface area contributed by atoms with Gasteiger partial charge in [-0.05, 0) is 37.8 Å². The monoisotopic (exact) mass is 210 g/mol. The van der Waals surface area contributed by atoms with Crippen LogP contribution in [0.25, 0.3) is 0 Å². The molecule has 0 saturated carbocycles. The minimum Gasteiger partial charge on any atom is -0.339 e.